The SMILES string of the molecule is O=C(c1ccco1)N1CCC2(CC1)SCCN2C(=O)c1ccc(Cl)cc1. The molecule has 5 nitrogen and oxygen atoms in total. The van der Waals surface area contributed by atoms with Gasteiger partial charge in [0.25, 0.3) is 11.8 Å². The number of benzene rings is 1. The maximum atomic E-state index is 13.0. The quantitative estimate of drug-likeness (QED) is 0.783. The third-order valence-electron chi connectivity index (χ3n) is 5.08. The molecule has 7 heteroatoms. The van der Waals surface area contributed by atoms with Gasteiger partial charge in [0.15, 0.2) is 5.76 Å². The molecule has 1 spiro atoms. The predicted octanol–water partition coefficient (Wildman–Crippen LogP) is 3.75. The van der Waals surface area contributed by atoms with Crippen LogP contribution in [0.4, 0.5) is 0 Å². The molecule has 2 aliphatic heterocycles. The summed E-state index contributed by atoms with van der Waals surface area (Å²) in [5.74, 6) is 1.25. The second kappa shape index (κ2) is 7.00. The van der Waals surface area contributed by atoms with Gasteiger partial charge in [-0.2, -0.15) is 0 Å². The summed E-state index contributed by atoms with van der Waals surface area (Å²) in [6.45, 7) is 1.98. The van der Waals surface area contributed by atoms with E-state index in [-0.39, 0.29) is 16.7 Å². The maximum Gasteiger partial charge on any atom is 0.289 e. The molecule has 0 saturated carbocycles. The Hall–Kier alpha value is -1.92. The van der Waals surface area contributed by atoms with Gasteiger partial charge in [-0.3, -0.25) is 9.59 Å². The van der Waals surface area contributed by atoms with E-state index in [0.717, 1.165) is 25.1 Å². The van der Waals surface area contributed by atoms with E-state index in [9.17, 15) is 9.59 Å². The zero-order chi connectivity index (χ0) is 18.1. The molecule has 2 aliphatic rings. The number of likely N-dealkylation sites (tertiary alicyclic amines) is 1. The summed E-state index contributed by atoms with van der Waals surface area (Å²) < 4.78 is 5.22. The van der Waals surface area contributed by atoms with Gasteiger partial charge < -0.3 is 14.2 Å². The summed E-state index contributed by atoms with van der Waals surface area (Å²) in [5.41, 5.74) is 0.658. The molecule has 2 fully saturated rings. The van der Waals surface area contributed by atoms with Gasteiger partial charge in [0.2, 0.25) is 0 Å². The first-order chi connectivity index (χ1) is 12.6. The van der Waals surface area contributed by atoms with Crippen molar-refractivity contribution in [1.29, 1.82) is 0 Å². The van der Waals surface area contributed by atoms with Gasteiger partial charge in [0.1, 0.15) is 0 Å². The van der Waals surface area contributed by atoms with Crippen LogP contribution in [0.15, 0.2) is 47.1 Å². The van der Waals surface area contributed by atoms with E-state index in [1.54, 1.807) is 36.4 Å². The third-order valence-corrected chi connectivity index (χ3v) is 6.88. The summed E-state index contributed by atoms with van der Waals surface area (Å²) in [5, 5.41) is 0.622. The van der Waals surface area contributed by atoms with Crippen LogP contribution in [0.1, 0.15) is 33.8 Å². The minimum Gasteiger partial charge on any atom is -0.459 e. The number of halogens is 1. The highest BCUT2D eigenvalue weighted by molar-refractivity contribution is 8.00. The van der Waals surface area contributed by atoms with Crippen LogP contribution in [0.25, 0.3) is 0 Å². The fourth-order valence-corrected chi connectivity index (χ4v) is 5.25. The smallest absolute Gasteiger partial charge is 0.289 e. The lowest BCUT2D eigenvalue weighted by molar-refractivity contribution is 0.0483. The van der Waals surface area contributed by atoms with Crippen molar-refractivity contribution in [3.05, 3.63) is 59.0 Å². The van der Waals surface area contributed by atoms with Crippen molar-refractivity contribution in [2.45, 2.75) is 17.7 Å². The largest absolute Gasteiger partial charge is 0.459 e. The van der Waals surface area contributed by atoms with E-state index in [1.165, 1.54) is 6.26 Å². The standard InChI is InChI=1S/C19H19ClN2O3S/c20-15-5-3-14(4-6-15)17(23)22-11-13-26-19(22)7-9-21(10-8-19)18(24)16-2-1-12-25-16/h1-6,12H,7-11,13H2. The minimum atomic E-state index is -0.226. The number of thioether (sulfide) groups is 1. The molecule has 0 N–H and O–H groups in total. The topological polar surface area (TPSA) is 53.8 Å². The molecular weight excluding hydrogens is 372 g/mol. The Morgan fingerprint density at radius 3 is 2.42 bits per heavy atom. The number of nitrogens with zero attached hydrogens (tertiary/aromatic N) is 2. The zero-order valence-corrected chi connectivity index (χ0v) is 15.8. The van der Waals surface area contributed by atoms with Crippen molar-refractivity contribution < 1.29 is 14.0 Å². The molecule has 0 aliphatic carbocycles. The highest BCUT2D eigenvalue weighted by Crippen LogP contribution is 2.44. The summed E-state index contributed by atoms with van der Waals surface area (Å²) in [4.78, 5) is 29.0. The Balaban J connectivity index is 1.47. The number of rotatable bonds is 2. The monoisotopic (exact) mass is 390 g/mol. The Morgan fingerprint density at radius 2 is 1.77 bits per heavy atom. The molecule has 0 unspecified atom stereocenters. The van der Waals surface area contributed by atoms with E-state index in [1.807, 2.05) is 21.6 Å². The number of furan rings is 1. The molecular formula is C19H19ClN2O3S. The normalized spacial score (nSPS) is 19.1. The molecule has 26 heavy (non-hydrogen) atoms. The van der Waals surface area contributed by atoms with Gasteiger partial charge in [-0.25, -0.2) is 0 Å². The number of carbonyl (C=O) groups excluding carboxylic acids is 2. The van der Waals surface area contributed by atoms with E-state index < -0.39 is 0 Å². The minimum absolute atomic E-state index is 0.0393. The molecule has 1 aromatic carbocycles. The van der Waals surface area contributed by atoms with Crippen LogP contribution in [0.3, 0.4) is 0 Å². The molecule has 2 amide bonds. The number of hydrogen-bond acceptors (Lipinski definition) is 4. The fraction of sp³-hybridized carbons (Fsp3) is 0.368. The van der Waals surface area contributed by atoms with Crippen LogP contribution < -0.4 is 0 Å². The summed E-state index contributed by atoms with van der Waals surface area (Å²) >= 11 is 7.76. The molecule has 4 rings (SSSR count). The van der Waals surface area contributed by atoms with Crippen LogP contribution in [-0.2, 0) is 0 Å². The molecule has 3 heterocycles. The van der Waals surface area contributed by atoms with E-state index >= 15 is 0 Å². The Labute approximate surface area is 161 Å². The lowest BCUT2D eigenvalue weighted by Gasteiger charge is -2.44. The molecule has 0 bridgehead atoms. The fourth-order valence-electron chi connectivity index (χ4n) is 3.67. The third kappa shape index (κ3) is 3.12. The number of carbonyl (C=O) groups is 2. The summed E-state index contributed by atoms with van der Waals surface area (Å²) in [6.07, 6.45) is 3.05. The first kappa shape index (κ1) is 17.5. The van der Waals surface area contributed by atoms with Gasteiger partial charge in [-0.05, 0) is 49.2 Å². The van der Waals surface area contributed by atoms with E-state index in [2.05, 4.69) is 0 Å². The van der Waals surface area contributed by atoms with Crippen molar-refractivity contribution in [3.8, 4) is 0 Å². The van der Waals surface area contributed by atoms with Crippen LogP contribution in [-0.4, -0.2) is 51.9 Å². The van der Waals surface area contributed by atoms with Crippen molar-refractivity contribution in [1.82, 2.24) is 9.80 Å². The molecule has 2 aromatic rings. The first-order valence-corrected chi connectivity index (χ1v) is 10.00. The van der Waals surface area contributed by atoms with Crippen molar-refractivity contribution in [2.24, 2.45) is 0 Å². The lowest BCUT2D eigenvalue weighted by Crippen LogP contribution is -2.53. The van der Waals surface area contributed by atoms with Gasteiger partial charge in [0.05, 0.1) is 11.1 Å². The second-order valence-corrected chi connectivity index (χ2v) is 8.42. The molecule has 136 valence electrons. The van der Waals surface area contributed by atoms with Crippen LogP contribution in [0.2, 0.25) is 5.02 Å². The van der Waals surface area contributed by atoms with Crippen LogP contribution >= 0.6 is 23.4 Å². The predicted molar refractivity (Wildman–Crippen MR) is 102 cm³/mol. The zero-order valence-electron chi connectivity index (χ0n) is 14.2. The van der Waals surface area contributed by atoms with Crippen molar-refractivity contribution in [2.75, 3.05) is 25.4 Å². The average molecular weight is 391 g/mol. The molecule has 1 aromatic heterocycles. The highest BCUT2D eigenvalue weighted by atomic mass is 35.5. The van der Waals surface area contributed by atoms with E-state index in [0.29, 0.717) is 29.4 Å². The summed E-state index contributed by atoms with van der Waals surface area (Å²) in [6, 6.07) is 10.4. The Bertz CT molecular complexity index is 799. The van der Waals surface area contributed by atoms with Gasteiger partial charge in [0, 0.05) is 36.0 Å². The highest BCUT2D eigenvalue weighted by Gasteiger charge is 2.47. The van der Waals surface area contributed by atoms with Crippen LogP contribution in [0.5, 0.6) is 0 Å². The molecule has 0 radical (unpaired) electrons. The van der Waals surface area contributed by atoms with Crippen LogP contribution in [0, 0.1) is 0 Å². The second-order valence-electron chi connectivity index (χ2n) is 6.53. The summed E-state index contributed by atoms with van der Waals surface area (Å²) in [7, 11) is 0. The lowest BCUT2D eigenvalue weighted by atomic mass is 10.0. The van der Waals surface area contributed by atoms with Crippen molar-refractivity contribution >= 4 is 35.2 Å². The Morgan fingerprint density at radius 1 is 1.04 bits per heavy atom. The van der Waals surface area contributed by atoms with E-state index in [4.69, 9.17) is 16.0 Å². The maximum absolute atomic E-state index is 13.0. The number of hydrogen-bond donors (Lipinski definition) is 0. The molecule has 0 atom stereocenters. The number of amides is 2. The van der Waals surface area contributed by atoms with Gasteiger partial charge in [-0.15, -0.1) is 11.8 Å². The first-order valence-electron chi connectivity index (χ1n) is 8.63. The molecule has 2 saturated heterocycles. The Kier molecular flexibility index (Phi) is 4.71. The van der Waals surface area contributed by atoms with Gasteiger partial charge >= 0.3 is 0 Å². The average Bonchev–Trinajstić information content (AvgIpc) is 3.32. The number of piperidine rings is 1. The van der Waals surface area contributed by atoms with Crippen molar-refractivity contribution in [3.63, 3.8) is 0 Å². The van der Waals surface area contributed by atoms with Gasteiger partial charge in [-0.1, -0.05) is 11.6 Å².